The number of hydrogen-bond acceptors (Lipinski definition) is 3. The van der Waals surface area contributed by atoms with E-state index >= 15 is 0 Å². The Hall–Kier alpha value is -2.15. The molecule has 0 bridgehead atoms. The summed E-state index contributed by atoms with van der Waals surface area (Å²) in [5.74, 6) is 0.485. The highest BCUT2D eigenvalue weighted by Gasteiger charge is 2.07. The molecule has 0 saturated heterocycles. The van der Waals surface area contributed by atoms with E-state index in [0.29, 0.717) is 22.2 Å². The first-order valence-corrected chi connectivity index (χ1v) is 8.54. The van der Waals surface area contributed by atoms with Crippen LogP contribution in [0.1, 0.15) is 13.8 Å². The third-order valence-corrected chi connectivity index (χ3v) is 3.78. The summed E-state index contributed by atoms with van der Waals surface area (Å²) in [5, 5.41) is 9.63. The Labute approximate surface area is 132 Å². The summed E-state index contributed by atoms with van der Waals surface area (Å²) in [7, 11) is -1.08. The lowest BCUT2D eigenvalue weighted by Crippen LogP contribution is -2.19. The topological polar surface area (TPSA) is 76.0 Å². The van der Waals surface area contributed by atoms with Crippen molar-refractivity contribution in [2.24, 2.45) is 5.92 Å². The summed E-state index contributed by atoms with van der Waals surface area (Å²) in [6.07, 6.45) is 5.00. The lowest BCUT2D eigenvalue weighted by atomic mass is 10.2. The van der Waals surface area contributed by atoms with Gasteiger partial charge in [-0.15, -0.1) is 0 Å². The monoisotopic (exact) mass is 320 g/mol. The van der Waals surface area contributed by atoms with Crippen LogP contribution in [0, 0.1) is 5.92 Å². The number of nitrogens with one attached hydrogen (secondary N) is 2. The Kier molecular flexibility index (Phi) is 5.32. The highest BCUT2D eigenvalue weighted by molar-refractivity contribution is 7.84. The van der Waals surface area contributed by atoms with Gasteiger partial charge >= 0.3 is 6.03 Å². The number of rotatable bonds is 5. The standard InChI is InChI=1S/C15H20N4O2S/c1-11(2)9-19-10-13(8-16-19)18-15(20)17-12-5-4-6-14(7-12)22(3)21/h4-8,10-11H,9H2,1-3H3,(H2,17,18,20)/t22-/m1/s1. The Bertz CT molecular complexity index is 682. The van der Waals surface area contributed by atoms with Crippen molar-refractivity contribution in [3.63, 3.8) is 0 Å². The fraction of sp³-hybridized carbons (Fsp3) is 0.333. The lowest BCUT2D eigenvalue weighted by molar-refractivity contribution is 0.262. The van der Waals surface area contributed by atoms with E-state index in [-0.39, 0.29) is 6.03 Å². The van der Waals surface area contributed by atoms with Gasteiger partial charge in [0.05, 0.1) is 11.9 Å². The third-order valence-electron chi connectivity index (χ3n) is 2.87. The van der Waals surface area contributed by atoms with Crippen molar-refractivity contribution in [2.45, 2.75) is 25.3 Å². The maximum atomic E-state index is 12.0. The van der Waals surface area contributed by atoms with Crippen molar-refractivity contribution >= 4 is 28.2 Å². The number of anilines is 2. The minimum Gasteiger partial charge on any atom is -0.308 e. The van der Waals surface area contributed by atoms with E-state index in [1.165, 1.54) is 0 Å². The predicted molar refractivity (Wildman–Crippen MR) is 88.5 cm³/mol. The van der Waals surface area contributed by atoms with E-state index in [2.05, 4.69) is 29.6 Å². The normalized spacial score (nSPS) is 12.2. The molecule has 0 aliphatic carbocycles. The van der Waals surface area contributed by atoms with E-state index < -0.39 is 10.8 Å². The van der Waals surface area contributed by atoms with Gasteiger partial charge in [0.15, 0.2) is 0 Å². The Morgan fingerprint density at radius 1 is 1.32 bits per heavy atom. The molecule has 22 heavy (non-hydrogen) atoms. The molecular weight excluding hydrogens is 300 g/mol. The molecule has 0 unspecified atom stereocenters. The number of carbonyl (C=O) groups excluding carboxylic acids is 1. The van der Waals surface area contributed by atoms with Gasteiger partial charge in [0, 0.05) is 40.4 Å². The molecule has 0 spiro atoms. The molecule has 0 aliphatic rings. The highest BCUT2D eigenvalue weighted by atomic mass is 32.2. The largest absolute Gasteiger partial charge is 0.323 e. The second-order valence-electron chi connectivity index (χ2n) is 5.41. The van der Waals surface area contributed by atoms with Gasteiger partial charge in [-0.25, -0.2) is 4.79 Å². The molecule has 0 fully saturated rings. The first kappa shape index (κ1) is 16.2. The summed E-state index contributed by atoms with van der Waals surface area (Å²) >= 11 is 0. The molecule has 1 atom stereocenters. The van der Waals surface area contributed by atoms with Crippen LogP contribution in [0.4, 0.5) is 16.2 Å². The van der Waals surface area contributed by atoms with Crippen LogP contribution in [-0.4, -0.2) is 26.3 Å². The summed E-state index contributed by atoms with van der Waals surface area (Å²) in [6, 6.07) is 6.60. The number of amides is 2. The van der Waals surface area contributed by atoms with Crippen molar-refractivity contribution in [1.82, 2.24) is 9.78 Å². The molecule has 7 heteroatoms. The quantitative estimate of drug-likeness (QED) is 0.889. The Morgan fingerprint density at radius 2 is 2.05 bits per heavy atom. The molecule has 1 aromatic heterocycles. The average molecular weight is 320 g/mol. The second kappa shape index (κ2) is 7.22. The molecule has 2 N–H and O–H groups in total. The van der Waals surface area contributed by atoms with E-state index in [0.717, 1.165) is 6.54 Å². The zero-order valence-electron chi connectivity index (χ0n) is 12.9. The SMILES string of the molecule is CC(C)Cn1cc(NC(=O)Nc2cccc([S@@](C)=O)c2)cn1. The molecule has 2 amide bonds. The summed E-state index contributed by atoms with van der Waals surface area (Å²) < 4.78 is 13.2. The van der Waals surface area contributed by atoms with Gasteiger partial charge < -0.3 is 10.6 Å². The highest BCUT2D eigenvalue weighted by Crippen LogP contribution is 2.14. The number of aromatic nitrogens is 2. The molecule has 6 nitrogen and oxygen atoms in total. The Balaban J connectivity index is 1.96. The van der Waals surface area contributed by atoms with Gasteiger partial charge in [0.25, 0.3) is 0 Å². The van der Waals surface area contributed by atoms with E-state index in [1.807, 2.05) is 0 Å². The molecule has 0 aliphatic heterocycles. The third kappa shape index (κ3) is 4.70. The number of hydrogen-bond donors (Lipinski definition) is 2. The van der Waals surface area contributed by atoms with Crippen LogP contribution in [0.3, 0.4) is 0 Å². The molecular formula is C15H20N4O2S. The van der Waals surface area contributed by atoms with Crippen molar-refractivity contribution in [3.05, 3.63) is 36.7 Å². The molecule has 0 saturated carbocycles. The molecule has 2 aromatic rings. The number of urea groups is 1. The minimum atomic E-state index is -1.08. The van der Waals surface area contributed by atoms with Gasteiger partial charge in [-0.2, -0.15) is 5.10 Å². The van der Waals surface area contributed by atoms with E-state index in [1.54, 1.807) is 47.6 Å². The van der Waals surface area contributed by atoms with Crippen LogP contribution < -0.4 is 10.6 Å². The Morgan fingerprint density at radius 3 is 2.73 bits per heavy atom. The van der Waals surface area contributed by atoms with Crippen LogP contribution in [0.25, 0.3) is 0 Å². The van der Waals surface area contributed by atoms with E-state index in [4.69, 9.17) is 0 Å². The van der Waals surface area contributed by atoms with Gasteiger partial charge in [-0.3, -0.25) is 8.89 Å². The van der Waals surface area contributed by atoms with E-state index in [9.17, 15) is 9.00 Å². The van der Waals surface area contributed by atoms with Crippen molar-refractivity contribution in [3.8, 4) is 0 Å². The predicted octanol–water partition coefficient (Wildman–Crippen LogP) is 2.92. The maximum Gasteiger partial charge on any atom is 0.323 e. The number of benzene rings is 1. The zero-order valence-corrected chi connectivity index (χ0v) is 13.7. The summed E-state index contributed by atoms with van der Waals surface area (Å²) in [5.41, 5.74) is 1.23. The molecule has 1 aromatic carbocycles. The van der Waals surface area contributed by atoms with Crippen LogP contribution >= 0.6 is 0 Å². The van der Waals surface area contributed by atoms with Crippen LogP contribution in [-0.2, 0) is 17.3 Å². The van der Waals surface area contributed by atoms with Crippen LogP contribution in [0.15, 0.2) is 41.6 Å². The number of nitrogens with zero attached hydrogens (tertiary/aromatic N) is 2. The minimum absolute atomic E-state index is 0.358. The first-order chi connectivity index (χ1) is 10.4. The molecule has 2 rings (SSSR count). The zero-order chi connectivity index (χ0) is 16.1. The van der Waals surface area contributed by atoms with Crippen molar-refractivity contribution < 1.29 is 9.00 Å². The van der Waals surface area contributed by atoms with Crippen molar-refractivity contribution in [1.29, 1.82) is 0 Å². The molecule has 1 heterocycles. The van der Waals surface area contributed by atoms with Gasteiger partial charge in [-0.1, -0.05) is 19.9 Å². The second-order valence-corrected chi connectivity index (χ2v) is 6.79. The van der Waals surface area contributed by atoms with Crippen LogP contribution in [0.2, 0.25) is 0 Å². The summed E-state index contributed by atoms with van der Waals surface area (Å²) in [4.78, 5) is 12.6. The van der Waals surface area contributed by atoms with Gasteiger partial charge in [0.1, 0.15) is 0 Å². The fourth-order valence-electron chi connectivity index (χ4n) is 1.95. The number of carbonyl (C=O) groups is 1. The smallest absolute Gasteiger partial charge is 0.308 e. The fourth-order valence-corrected chi connectivity index (χ4v) is 2.51. The molecule has 0 radical (unpaired) electrons. The average Bonchev–Trinajstić information content (AvgIpc) is 2.85. The van der Waals surface area contributed by atoms with Gasteiger partial charge in [0.2, 0.25) is 0 Å². The first-order valence-electron chi connectivity index (χ1n) is 6.98. The summed E-state index contributed by atoms with van der Waals surface area (Å²) in [6.45, 7) is 5.01. The maximum absolute atomic E-state index is 12.0. The lowest BCUT2D eigenvalue weighted by Gasteiger charge is -2.07. The van der Waals surface area contributed by atoms with Gasteiger partial charge in [-0.05, 0) is 24.1 Å². The van der Waals surface area contributed by atoms with Crippen LogP contribution in [0.5, 0.6) is 0 Å². The molecule has 118 valence electrons. The van der Waals surface area contributed by atoms with Crippen molar-refractivity contribution in [2.75, 3.05) is 16.9 Å².